The third-order valence-electron chi connectivity index (χ3n) is 3.00. The Kier molecular flexibility index (Phi) is 6.48. The minimum Gasteiger partial charge on any atom is -0.494 e. The van der Waals surface area contributed by atoms with Crippen molar-refractivity contribution in [1.82, 2.24) is 5.32 Å². The van der Waals surface area contributed by atoms with E-state index in [4.69, 9.17) is 14.6 Å². The fraction of sp³-hybridized carbons (Fsp3) is 0.429. The summed E-state index contributed by atoms with van der Waals surface area (Å²) in [5, 5.41) is 14.2. The molecule has 0 radical (unpaired) electrons. The zero-order chi connectivity index (χ0) is 15.8. The predicted molar refractivity (Wildman–Crippen MR) is 77.9 cm³/mol. The molecule has 7 heteroatoms. The Morgan fingerprint density at radius 3 is 2.24 bits per heavy atom. The molecule has 21 heavy (non-hydrogen) atoms. The third-order valence-corrected chi connectivity index (χ3v) is 3.00. The summed E-state index contributed by atoms with van der Waals surface area (Å²) < 4.78 is 10.3. The van der Waals surface area contributed by atoms with Crippen LogP contribution in [0.4, 0.5) is 5.69 Å². The molecule has 0 aliphatic rings. The molecule has 0 aromatic heterocycles. The zero-order valence-corrected chi connectivity index (χ0v) is 12.3. The SMILES string of the molecule is CN[C@@H](CCC(=O)Nc1c(OC)cccc1OC)C(=O)O. The molecular weight excluding hydrogens is 276 g/mol. The Labute approximate surface area is 123 Å². The van der Waals surface area contributed by atoms with E-state index in [-0.39, 0.29) is 18.7 Å². The maximum Gasteiger partial charge on any atom is 0.320 e. The first-order valence-electron chi connectivity index (χ1n) is 6.44. The normalized spacial score (nSPS) is 11.6. The van der Waals surface area contributed by atoms with Crippen LogP contribution in [0.5, 0.6) is 11.5 Å². The second-order valence-corrected chi connectivity index (χ2v) is 4.30. The molecule has 1 amide bonds. The number of hydrogen-bond acceptors (Lipinski definition) is 5. The lowest BCUT2D eigenvalue weighted by Crippen LogP contribution is -2.34. The lowest BCUT2D eigenvalue weighted by atomic mass is 10.1. The van der Waals surface area contributed by atoms with E-state index < -0.39 is 12.0 Å². The second kappa shape index (κ2) is 8.11. The van der Waals surface area contributed by atoms with Crippen LogP contribution in [-0.2, 0) is 9.59 Å². The van der Waals surface area contributed by atoms with Gasteiger partial charge in [0.2, 0.25) is 5.91 Å². The van der Waals surface area contributed by atoms with Gasteiger partial charge in [-0.05, 0) is 25.6 Å². The van der Waals surface area contributed by atoms with Crippen molar-refractivity contribution in [3.63, 3.8) is 0 Å². The summed E-state index contributed by atoms with van der Waals surface area (Å²) in [4.78, 5) is 22.8. The topological polar surface area (TPSA) is 96.9 Å². The number of carboxylic acid groups (broad SMARTS) is 1. The molecule has 1 aromatic rings. The van der Waals surface area contributed by atoms with Crippen molar-refractivity contribution in [1.29, 1.82) is 0 Å². The van der Waals surface area contributed by atoms with Crippen molar-refractivity contribution in [2.24, 2.45) is 0 Å². The van der Waals surface area contributed by atoms with Gasteiger partial charge in [0.25, 0.3) is 0 Å². The van der Waals surface area contributed by atoms with Crippen molar-refractivity contribution >= 4 is 17.6 Å². The van der Waals surface area contributed by atoms with Crippen LogP contribution >= 0.6 is 0 Å². The number of benzene rings is 1. The average molecular weight is 296 g/mol. The van der Waals surface area contributed by atoms with Gasteiger partial charge < -0.3 is 25.2 Å². The molecule has 0 bridgehead atoms. The first kappa shape index (κ1) is 16.8. The molecule has 0 spiro atoms. The summed E-state index contributed by atoms with van der Waals surface area (Å²) in [5.41, 5.74) is 0.434. The summed E-state index contributed by atoms with van der Waals surface area (Å²) in [6, 6.07) is 4.39. The number of carbonyl (C=O) groups is 2. The number of hydrogen-bond donors (Lipinski definition) is 3. The van der Waals surface area contributed by atoms with E-state index in [1.54, 1.807) is 25.2 Å². The first-order valence-corrected chi connectivity index (χ1v) is 6.44. The van der Waals surface area contributed by atoms with E-state index in [0.717, 1.165) is 0 Å². The Hall–Kier alpha value is -2.28. The molecule has 116 valence electrons. The molecule has 0 unspecified atom stereocenters. The van der Waals surface area contributed by atoms with Gasteiger partial charge in [-0.15, -0.1) is 0 Å². The Morgan fingerprint density at radius 2 is 1.81 bits per heavy atom. The van der Waals surface area contributed by atoms with Gasteiger partial charge in [-0.3, -0.25) is 9.59 Å². The zero-order valence-electron chi connectivity index (χ0n) is 12.3. The summed E-state index contributed by atoms with van der Waals surface area (Å²) in [5.74, 6) is -0.336. The van der Waals surface area contributed by atoms with Crippen molar-refractivity contribution in [2.75, 3.05) is 26.6 Å². The third kappa shape index (κ3) is 4.64. The van der Waals surface area contributed by atoms with Gasteiger partial charge in [0.05, 0.1) is 14.2 Å². The monoisotopic (exact) mass is 296 g/mol. The Balaban J connectivity index is 2.73. The minimum absolute atomic E-state index is 0.0685. The smallest absolute Gasteiger partial charge is 0.320 e. The second-order valence-electron chi connectivity index (χ2n) is 4.30. The molecular formula is C14H20N2O5. The number of methoxy groups -OCH3 is 2. The molecule has 0 saturated heterocycles. The fourth-order valence-electron chi connectivity index (χ4n) is 1.84. The Bertz CT molecular complexity index is 482. The number of anilines is 1. The lowest BCUT2D eigenvalue weighted by molar-refractivity contribution is -0.139. The standard InChI is InChI=1S/C14H20N2O5/c1-15-9(14(18)19)7-8-12(17)16-13-10(20-2)5-4-6-11(13)21-3/h4-6,9,15H,7-8H2,1-3H3,(H,16,17)(H,18,19)/t9-/m0/s1. The highest BCUT2D eigenvalue weighted by Gasteiger charge is 2.18. The van der Waals surface area contributed by atoms with Crippen molar-refractivity contribution in [2.45, 2.75) is 18.9 Å². The van der Waals surface area contributed by atoms with Crippen LogP contribution in [-0.4, -0.2) is 44.3 Å². The van der Waals surface area contributed by atoms with Gasteiger partial charge in [-0.1, -0.05) is 6.07 Å². The maximum atomic E-state index is 11.9. The number of nitrogens with one attached hydrogen (secondary N) is 2. The highest BCUT2D eigenvalue weighted by molar-refractivity contribution is 5.94. The summed E-state index contributed by atoms with van der Waals surface area (Å²) in [7, 11) is 4.53. The van der Waals surface area contributed by atoms with Crippen LogP contribution in [0.15, 0.2) is 18.2 Å². The number of carbonyl (C=O) groups excluding carboxylic acids is 1. The van der Waals surface area contributed by atoms with Crippen LogP contribution in [0.3, 0.4) is 0 Å². The molecule has 0 aliphatic carbocycles. The van der Waals surface area contributed by atoms with E-state index >= 15 is 0 Å². The summed E-state index contributed by atoms with van der Waals surface area (Å²) in [6.45, 7) is 0. The molecule has 0 heterocycles. The van der Waals surface area contributed by atoms with Gasteiger partial charge in [0, 0.05) is 6.42 Å². The van der Waals surface area contributed by atoms with Gasteiger partial charge in [-0.25, -0.2) is 0 Å². The van der Waals surface area contributed by atoms with Crippen molar-refractivity contribution in [3.05, 3.63) is 18.2 Å². The van der Waals surface area contributed by atoms with Crippen LogP contribution in [0.25, 0.3) is 0 Å². The van der Waals surface area contributed by atoms with Gasteiger partial charge in [-0.2, -0.15) is 0 Å². The predicted octanol–water partition coefficient (Wildman–Crippen LogP) is 1.10. The molecule has 0 aliphatic heterocycles. The summed E-state index contributed by atoms with van der Waals surface area (Å²) >= 11 is 0. The van der Waals surface area contributed by atoms with Crippen LogP contribution < -0.4 is 20.1 Å². The number of ether oxygens (including phenoxy) is 2. The maximum absolute atomic E-state index is 11.9. The molecule has 3 N–H and O–H groups in total. The number of para-hydroxylation sites is 1. The van der Waals surface area contributed by atoms with Crippen molar-refractivity contribution in [3.8, 4) is 11.5 Å². The molecule has 7 nitrogen and oxygen atoms in total. The molecule has 1 aromatic carbocycles. The molecule has 1 atom stereocenters. The highest BCUT2D eigenvalue weighted by atomic mass is 16.5. The van der Waals surface area contributed by atoms with E-state index in [9.17, 15) is 9.59 Å². The highest BCUT2D eigenvalue weighted by Crippen LogP contribution is 2.34. The summed E-state index contributed by atoms with van der Waals surface area (Å²) in [6.07, 6.45) is 0.258. The van der Waals surface area contributed by atoms with E-state index in [2.05, 4.69) is 10.6 Å². The number of rotatable bonds is 8. The fourth-order valence-corrected chi connectivity index (χ4v) is 1.84. The van der Waals surface area contributed by atoms with Crippen LogP contribution in [0.1, 0.15) is 12.8 Å². The van der Waals surface area contributed by atoms with E-state index in [0.29, 0.717) is 17.2 Å². The first-order chi connectivity index (χ1) is 10.0. The average Bonchev–Trinajstić information content (AvgIpc) is 2.47. The molecule has 0 saturated carbocycles. The van der Waals surface area contributed by atoms with Gasteiger partial charge in [0.15, 0.2) is 0 Å². The van der Waals surface area contributed by atoms with Crippen LogP contribution in [0, 0.1) is 0 Å². The minimum atomic E-state index is -0.986. The quantitative estimate of drug-likeness (QED) is 0.664. The number of likely N-dealkylation sites (N-methyl/N-ethyl adjacent to an activating group) is 1. The van der Waals surface area contributed by atoms with Crippen molar-refractivity contribution < 1.29 is 24.2 Å². The largest absolute Gasteiger partial charge is 0.494 e. The van der Waals surface area contributed by atoms with Crippen LogP contribution in [0.2, 0.25) is 0 Å². The molecule has 0 fully saturated rings. The number of amides is 1. The van der Waals surface area contributed by atoms with Gasteiger partial charge in [0.1, 0.15) is 23.2 Å². The lowest BCUT2D eigenvalue weighted by Gasteiger charge is -2.15. The number of carboxylic acids is 1. The van der Waals surface area contributed by atoms with E-state index in [1.165, 1.54) is 14.2 Å². The molecule has 1 rings (SSSR count). The van der Waals surface area contributed by atoms with E-state index in [1.807, 2.05) is 0 Å². The van der Waals surface area contributed by atoms with Gasteiger partial charge >= 0.3 is 5.97 Å². The Morgan fingerprint density at radius 1 is 1.24 bits per heavy atom. The number of aliphatic carboxylic acids is 1.